The first kappa shape index (κ1) is 15.1. The molecule has 0 aromatic heterocycles. The maximum atomic E-state index is 6.14. The van der Waals surface area contributed by atoms with Gasteiger partial charge < -0.3 is 20.1 Å². The van der Waals surface area contributed by atoms with E-state index >= 15 is 0 Å². The lowest BCUT2D eigenvalue weighted by molar-refractivity contribution is 0.00365. The average Bonchev–Trinajstić information content (AvgIpc) is 3.24. The van der Waals surface area contributed by atoms with Gasteiger partial charge in [0.25, 0.3) is 0 Å². The van der Waals surface area contributed by atoms with E-state index in [2.05, 4.69) is 21.8 Å². The summed E-state index contributed by atoms with van der Waals surface area (Å²) < 4.78 is 11.1. The molecule has 0 spiro atoms. The van der Waals surface area contributed by atoms with Crippen LogP contribution in [0.2, 0.25) is 0 Å². The zero-order valence-electron chi connectivity index (χ0n) is 13.0. The van der Waals surface area contributed by atoms with E-state index in [1.165, 1.54) is 12.8 Å². The lowest BCUT2D eigenvalue weighted by Gasteiger charge is -2.36. The topological polar surface area (TPSA) is 63.3 Å². The Morgan fingerprint density at radius 3 is 2.62 bits per heavy atom. The lowest BCUT2D eigenvalue weighted by Crippen LogP contribution is -2.49. The highest BCUT2D eigenvalue weighted by atomic mass is 16.5. The monoisotopic (exact) mass is 296 g/mol. The Labute approximate surface area is 127 Å². The minimum atomic E-state index is 0.433. The van der Waals surface area contributed by atoms with Gasteiger partial charge in [-0.05, 0) is 19.3 Å². The lowest BCUT2D eigenvalue weighted by atomic mass is 9.97. The Morgan fingerprint density at radius 1 is 1.24 bits per heavy atom. The molecule has 0 aromatic carbocycles. The van der Waals surface area contributed by atoms with Gasteiger partial charge in [0.1, 0.15) is 0 Å². The SMILES string of the molecule is CN(C(N)=NCC(C1CCOC1)N1CCOCC1)C1CC1. The van der Waals surface area contributed by atoms with Gasteiger partial charge in [0.15, 0.2) is 5.96 Å². The van der Waals surface area contributed by atoms with Crippen molar-refractivity contribution in [2.45, 2.75) is 31.3 Å². The number of nitrogens with two attached hydrogens (primary N) is 1. The quantitative estimate of drug-likeness (QED) is 0.577. The molecule has 3 aliphatic rings. The van der Waals surface area contributed by atoms with Crippen molar-refractivity contribution in [2.24, 2.45) is 16.6 Å². The largest absolute Gasteiger partial charge is 0.381 e. The van der Waals surface area contributed by atoms with Gasteiger partial charge in [-0.2, -0.15) is 0 Å². The van der Waals surface area contributed by atoms with Crippen LogP contribution in [0.25, 0.3) is 0 Å². The van der Waals surface area contributed by atoms with Crippen LogP contribution in [0.1, 0.15) is 19.3 Å². The van der Waals surface area contributed by atoms with Crippen LogP contribution >= 0.6 is 0 Å². The van der Waals surface area contributed by atoms with E-state index in [1.54, 1.807) is 0 Å². The molecule has 1 saturated carbocycles. The van der Waals surface area contributed by atoms with Gasteiger partial charge in [-0.1, -0.05) is 0 Å². The number of guanidine groups is 1. The van der Waals surface area contributed by atoms with Crippen LogP contribution in [0, 0.1) is 5.92 Å². The van der Waals surface area contributed by atoms with Crippen molar-refractivity contribution in [1.82, 2.24) is 9.80 Å². The maximum Gasteiger partial charge on any atom is 0.191 e. The highest BCUT2D eigenvalue weighted by Crippen LogP contribution is 2.25. The molecule has 3 fully saturated rings. The summed E-state index contributed by atoms with van der Waals surface area (Å²) in [6.45, 7) is 6.15. The number of hydrogen-bond donors (Lipinski definition) is 1. The molecule has 2 saturated heterocycles. The van der Waals surface area contributed by atoms with Gasteiger partial charge in [-0.25, -0.2) is 0 Å². The van der Waals surface area contributed by atoms with Gasteiger partial charge in [0.05, 0.1) is 26.4 Å². The highest BCUT2D eigenvalue weighted by molar-refractivity contribution is 5.78. The predicted molar refractivity (Wildman–Crippen MR) is 82.4 cm³/mol. The van der Waals surface area contributed by atoms with Crippen molar-refractivity contribution < 1.29 is 9.47 Å². The molecule has 2 unspecified atom stereocenters. The van der Waals surface area contributed by atoms with Crippen LogP contribution < -0.4 is 5.73 Å². The fraction of sp³-hybridized carbons (Fsp3) is 0.933. The maximum absolute atomic E-state index is 6.14. The molecule has 6 heteroatoms. The second-order valence-corrected chi connectivity index (χ2v) is 6.38. The fourth-order valence-corrected chi connectivity index (χ4v) is 3.28. The first-order valence-electron chi connectivity index (χ1n) is 8.18. The van der Waals surface area contributed by atoms with Crippen molar-refractivity contribution in [2.75, 3.05) is 53.1 Å². The molecule has 2 atom stereocenters. The number of aliphatic imine (C=N–C) groups is 1. The summed E-state index contributed by atoms with van der Waals surface area (Å²) >= 11 is 0. The summed E-state index contributed by atoms with van der Waals surface area (Å²) in [5.41, 5.74) is 6.14. The summed E-state index contributed by atoms with van der Waals surface area (Å²) in [4.78, 5) is 9.32. The minimum absolute atomic E-state index is 0.433. The third-order valence-corrected chi connectivity index (χ3v) is 4.92. The molecular formula is C15H28N4O2. The Bertz CT molecular complexity index is 361. The summed E-state index contributed by atoms with van der Waals surface area (Å²) in [5.74, 6) is 1.26. The van der Waals surface area contributed by atoms with E-state index in [1.807, 2.05) is 0 Å². The van der Waals surface area contributed by atoms with E-state index in [0.717, 1.165) is 52.5 Å². The van der Waals surface area contributed by atoms with E-state index in [4.69, 9.17) is 15.2 Å². The van der Waals surface area contributed by atoms with Crippen LogP contribution in [-0.2, 0) is 9.47 Å². The molecule has 1 aliphatic carbocycles. The van der Waals surface area contributed by atoms with Gasteiger partial charge in [0.2, 0.25) is 0 Å². The smallest absolute Gasteiger partial charge is 0.191 e. The predicted octanol–water partition coefficient (Wildman–Crippen LogP) is 0.133. The second kappa shape index (κ2) is 6.94. The molecule has 6 nitrogen and oxygen atoms in total. The number of morpholine rings is 1. The zero-order valence-corrected chi connectivity index (χ0v) is 13.0. The molecule has 2 aliphatic heterocycles. The van der Waals surface area contributed by atoms with Crippen LogP contribution in [0.5, 0.6) is 0 Å². The van der Waals surface area contributed by atoms with Crippen LogP contribution in [0.4, 0.5) is 0 Å². The minimum Gasteiger partial charge on any atom is -0.381 e. The molecule has 0 bridgehead atoms. The van der Waals surface area contributed by atoms with Crippen LogP contribution in [0.15, 0.2) is 4.99 Å². The van der Waals surface area contributed by atoms with Crippen molar-refractivity contribution in [1.29, 1.82) is 0 Å². The van der Waals surface area contributed by atoms with Crippen molar-refractivity contribution in [3.8, 4) is 0 Å². The Hall–Kier alpha value is -0.850. The summed E-state index contributed by atoms with van der Waals surface area (Å²) in [5, 5.41) is 0. The first-order chi connectivity index (χ1) is 10.3. The molecule has 0 aromatic rings. The summed E-state index contributed by atoms with van der Waals surface area (Å²) in [6, 6.07) is 1.05. The molecule has 21 heavy (non-hydrogen) atoms. The average molecular weight is 296 g/mol. The second-order valence-electron chi connectivity index (χ2n) is 6.38. The molecule has 2 heterocycles. The molecular weight excluding hydrogens is 268 g/mol. The van der Waals surface area contributed by atoms with E-state index in [0.29, 0.717) is 24.0 Å². The van der Waals surface area contributed by atoms with Gasteiger partial charge in [-0.3, -0.25) is 9.89 Å². The third kappa shape index (κ3) is 3.87. The van der Waals surface area contributed by atoms with Crippen LogP contribution in [-0.4, -0.2) is 81.0 Å². The van der Waals surface area contributed by atoms with E-state index in [-0.39, 0.29) is 0 Å². The molecule has 120 valence electrons. The standard InChI is InChI=1S/C15H28N4O2/c1-18(13-2-3-13)15(16)17-10-14(12-4-7-21-11-12)19-5-8-20-9-6-19/h12-14H,2-11H2,1H3,(H2,16,17). The molecule has 2 N–H and O–H groups in total. The number of nitrogens with zero attached hydrogens (tertiary/aromatic N) is 3. The number of ether oxygens (including phenoxy) is 2. The number of hydrogen-bond acceptors (Lipinski definition) is 4. The highest BCUT2D eigenvalue weighted by Gasteiger charge is 2.32. The van der Waals surface area contributed by atoms with Crippen molar-refractivity contribution >= 4 is 5.96 Å². The Morgan fingerprint density at radius 2 is 2.00 bits per heavy atom. The third-order valence-electron chi connectivity index (χ3n) is 4.92. The van der Waals surface area contributed by atoms with Crippen LogP contribution in [0.3, 0.4) is 0 Å². The summed E-state index contributed by atoms with van der Waals surface area (Å²) in [6.07, 6.45) is 3.63. The first-order valence-corrected chi connectivity index (χ1v) is 8.18. The normalized spacial score (nSPS) is 29.6. The van der Waals surface area contributed by atoms with Crippen molar-refractivity contribution in [3.05, 3.63) is 0 Å². The molecule has 0 amide bonds. The van der Waals surface area contributed by atoms with E-state index in [9.17, 15) is 0 Å². The van der Waals surface area contributed by atoms with E-state index < -0.39 is 0 Å². The van der Waals surface area contributed by atoms with Gasteiger partial charge >= 0.3 is 0 Å². The zero-order chi connectivity index (χ0) is 14.7. The van der Waals surface area contributed by atoms with Gasteiger partial charge in [0, 0.05) is 44.7 Å². The molecule has 3 rings (SSSR count). The van der Waals surface area contributed by atoms with Crippen molar-refractivity contribution in [3.63, 3.8) is 0 Å². The fourth-order valence-electron chi connectivity index (χ4n) is 3.28. The number of rotatable bonds is 5. The Kier molecular flexibility index (Phi) is 4.98. The Balaban J connectivity index is 1.61. The summed E-state index contributed by atoms with van der Waals surface area (Å²) in [7, 11) is 2.05. The molecule has 0 radical (unpaired) electrons. The van der Waals surface area contributed by atoms with Gasteiger partial charge in [-0.15, -0.1) is 0 Å².